The Hall–Kier alpha value is -6.26. The van der Waals surface area contributed by atoms with Crippen LogP contribution in [0.4, 0.5) is 4.39 Å². The topological polar surface area (TPSA) is 145 Å². The Bertz CT molecular complexity index is 2710. The zero-order valence-electron chi connectivity index (χ0n) is 34.3. The van der Waals surface area contributed by atoms with Crippen LogP contribution in [-0.4, -0.2) is 105 Å². The zero-order chi connectivity index (χ0) is 43.2. The number of fused-ring (bicyclic) bond motifs is 1. The van der Waals surface area contributed by atoms with Crippen LogP contribution in [0.1, 0.15) is 16.8 Å². The van der Waals surface area contributed by atoms with Crippen molar-refractivity contribution in [2.45, 2.75) is 26.1 Å². The van der Waals surface area contributed by atoms with E-state index in [0.717, 1.165) is 49.8 Å². The van der Waals surface area contributed by atoms with Crippen molar-refractivity contribution in [2.24, 2.45) is 0 Å². The number of hydrogen-bond donors (Lipinski definition) is 1. The molecule has 0 aliphatic carbocycles. The molecule has 5 heterocycles. The fourth-order valence-electron chi connectivity index (χ4n) is 7.26. The molecule has 0 spiro atoms. The number of halogens is 2. The number of aromatic nitrogens is 5. The Kier molecular flexibility index (Phi) is 13.1. The molecule has 13 nitrogen and oxygen atoms in total. The first kappa shape index (κ1) is 42.4. The number of para-hydroxylation sites is 1. The summed E-state index contributed by atoms with van der Waals surface area (Å²) in [6.45, 7) is 7.18. The van der Waals surface area contributed by atoms with Crippen molar-refractivity contribution in [3.05, 3.63) is 125 Å². The molecular weight excluding hydrogens is 833 g/mol. The maximum atomic E-state index is 14.8. The van der Waals surface area contributed by atoms with Gasteiger partial charge in [0.15, 0.2) is 5.82 Å². The molecule has 7 aromatic rings. The maximum Gasteiger partial charge on any atom is 0.345 e. The van der Waals surface area contributed by atoms with Gasteiger partial charge in [-0.3, -0.25) is 9.88 Å². The van der Waals surface area contributed by atoms with Crippen molar-refractivity contribution in [3.8, 4) is 57.0 Å². The number of hydrogen-bond acceptors (Lipinski definition) is 13. The quantitative estimate of drug-likeness (QED) is 0.0996. The Morgan fingerprint density at radius 1 is 0.935 bits per heavy atom. The fraction of sp³-hybridized carbons (Fsp3) is 0.261. The first-order valence-electron chi connectivity index (χ1n) is 19.9. The molecule has 318 valence electrons. The number of carbonyl (C=O) groups is 1. The number of carboxylic acids is 1. The van der Waals surface area contributed by atoms with E-state index in [1.54, 1.807) is 67.1 Å². The number of carboxylic acid groups (broad SMARTS) is 1. The van der Waals surface area contributed by atoms with E-state index < -0.39 is 17.9 Å². The van der Waals surface area contributed by atoms with Crippen LogP contribution in [0.5, 0.6) is 23.3 Å². The van der Waals surface area contributed by atoms with E-state index in [2.05, 4.69) is 36.2 Å². The first-order valence-corrected chi connectivity index (χ1v) is 21.1. The third kappa shape index (κ3) is 9.61. The second kappa shape index (κ2) is 19.2. The molecule has 4 aromatic heterocycles. The van der Waals surface area contributed by atoms with Crippen LogP contribution >= 0.6 is 23.1 Å². The van der Waals surface area contributed by atoms with Gasteiger partial charge in [-0.05, 0) is 78.6 Å². The molecule has 1 N–H and O–H groups in total. The van der Waals surface area contributed by atoms with Gasteiger partial charge < -0.3 is 29.0 Å². The summed E-state index contributed by atoms with van der Waals surface area (Å²) in [5, 5.41) is 11.5. The molecule has 8 rings (SSSR count). The van der Waals surface area contributed by atoms with E-state index in [1.165, 1.54) is 19.2 Å². The van der Waals surface area contributed by atoms with Crippen molar-refractivity contribution < 1.29 is 33.2 Å². The number of piperazine rings is 1. The van der Waals surface area contributed by atoms with Gasteiger partial charge in [-0.15, -0.1) is 0 Å². The second-order valence-electron chi connectivity index (χ2n) is 14.8. The summed E-state index contributed by atoms with van der Waals surface area (Å²) in [6.07, 6.45) is 3.46. The van der Waals surface area contributed by atoms with Gasteiger partial charge in [-0.25, -0.2) is 24.1 Å². The molecule has 0 radical (unpaired) electrons. The summed E-state index contributed by atoms with van der Waals surface area (Å²) in [4.78, 5) is 35.6. The molecule has 1 saturated heterocycles. The average Bonchev–Trinajstić information content (AvgIpc) is 3.70. The van der Waals surface area contributed by atoms with Crippen molar-refractivity contribution in [3.63, 3.8) is 0 Å². The van der Waals surface area contributed by atoms with Gasteiger partial charge >= 0.3 is 5.97 Å². The number of likely N-dealkylation sites (N-methyl/N-ethyl adjacent to an activating group) is 1. The lowest BCUT2D eigenvalue weighted by Crippen LogP contribution is -2.45. The van der Waals surface area contributed by atoms with Crippen molar-refractivity contribution in [1.29, 1.82) is 0 Å². The Morgan fingerprint density at radius 3 is 2.56 bits per heavy atom. The third-order valence-electron chi connectivity index (χ3n) is 10.7. The molecule has 1 aliphatic rings. The Morgan fingerprint density at radius 2 is 1.76 bits per heavy atom. The SMILES string of the molecule is COc1cc(-c2nccc(COc3ccccc3C[C@@H](Oc3nsc4cnc(-c5cccc(F)c5)c(-c5ccc(OCCN6CCN(C)CC6)c(Cl)c5C)c34)C(=O)O)n2)ccn1. The molecule has 1 atom stereocenters. The van der Waals surface area contributed by atoms with Gasteiger partial charge in [-0.1, -0.05) is 48.0 Å². The minimum absolute atomic E-state index is 0.0570. The molecule has 16 heteroatoms. The highest BCUT2D eigenvalue weighted by Gasteiger charge is 2.28. The number of methoxy groups -OCH3 is 1. The van der Waals surface area contributed by atoms with Gasteiger partial charge in [0, 0.05) is 80.5 Å². The summed E-state index contributed by atoms with van der Waals surface area (Å²) in [7, 11) is 3.66. The van der Waals surface area contributed by atoms with Crippen LogP contribution in [0, 0.1) is 12.7 Å². The minimum Gasteiger partial charge on any atom is -0.491 e. The van der Waals surface area contributed by atoms with Gasteiger partial charge in [0.05, 0.1) is 33.6 Å². The Labute approximate surface area is 366 Å². The molecule has 0 amide bonds. The lowest BCUT2D eigenvalue weighted by molar-refractivity contribution is -0.145. The van der Waals surface area contributed by atoms with E-state index in [0.29, 0.717) is 84.1 Å². The largest absolute Gasteiger partial charge is 0.491 e. The monoisotopic (exact) mass is 875 g/mol. The highest BCUT2D eigenvalue weighted by atomic mass is 35.5. The highest BCUT2D eigenvalue weighted by Crippen LogP contribution is 2.46. The molecule has 0 bridgehead atoms. The predicted molar refractivity (Wildman–Crippen MR) is 236 cm³/mol. The van der Waals surface area contributed by atoms with Crippen LogP contribution < -0.4 is 18.9 Å². The van der Waals surface area contributed by atoms with E-state index >= 15 is 0 Å². The lowest BCUT2D eigenvalue weighted by atomic mass is 9.93. The highest BCUT2D eigenvalue weighted by molar-refractivity contribution is 7.13. The summed E-state index contributed by atoms with van der Waals surface area (Å²) >= 11 is 8.17. The van der Waals surface area contributed by atoms with Gasteiger partial charge in [0.25, 0.3) is 0 Å². The molecule has 0 unspecified atom stereocenters. The molecule has 0 saturated carbocycles. The summed E-state index contributed by atoms with van der Waals surface area (Å²) in [5.41, 5.74) is 4.86. The van der Waals surface area contributed by atoms with Crippen LogP contribution in [0.3, 0.4) is 0 Å². The van der Waals surface area contributed by atoms with Crippen molar-refractivity contribution >= 4 is 39.2 Å². The number of ether oxygens (including phenoxy) is 4. The average molecular weight is 876 g/mol. The van der Waals surface area contributed by atoms with Crippen molar-refractivity contribution in [2.75, 3.05) is 53.5 Å². The smallest absolute Gasteiger partial charge is 0.345 e. The number of aliphatic carboxylic acids is 1. The molecule has 62 heavy (non-hydrogen) atoms. The van der Waals surface area contributed by atoms with Crippen LogP contribution in [0.2, 0.25) is 5.02 Å². The number of pyridine rings is 2. The summed E-state index contributed by atoms with van der Waals surface area (Å²) in [6, 6.07) is 22.3. The van der Waals surface area contributed by atoms with Crippen LogP contribution in [0.25, 0.3) is 43.9 Å². The summed E-state index contributed by atoms with van der Waals surface area (Å²) in [5.74, 6) is 0.372. The molecule has 3 aromatic carbocycles. The van der Waals surface area contributed by atoms with E-state index in [4.69, 9.17) is 35.5 Å². The second-order valence-corrected chi connectivity index (χ2v) is 15.9. The number of nitrogens with zero attached hydrogens (tertiary/aromatic N) is 7. The summed E-state index contributed by atoms with van der Waals surface area (Å²) < 4.78 is 44.1. The molecule has 1 aliphatic heterocycles. The van der Waals surface area contributed by atoms with Gasteiger partial charge in [0.2, 0.25) is 17.9 Å². The molecule has 1 fully saturated rings. The molecular formula is C46H43ClFN7O6S. The lowest BCUT2D eigenvalue weighted by Gasteiger charge is -2.32. The van der Waals surface area contributed by atoms with Gasteiger partial charge in [0.1, 0.15) is 30.5 Å². The number of benzene rings is 3. The maximum absolute atomic E-state index is 14.8. The van der Waals surface area contributed by atoms with Gasteiger partial charge in [-0.2, -0.15) is 4.37 Å². The van der Waals surface area contributed by atoms with E-state index in [-0.39, 0.29) is 18.9 Å². The van der Waals surface area contributed by atoms with E-state index in [9.17, 15) is 14.3 Å². The van der Waals surface area contributed by atoms with Crippen molar-refractivity contribution in [1.82, 2.24) is 34.1 Å². The van der Waals surface area contributed by atoms with E-state index in [1.807, 2.05) is 25.1 Å². The predicted octanol–water partition coefficient (Wildman–Crippen LogP) is 8.27. The minimum atomic E-state index is -1.38. The van der Waals surface area contributed by atoms with Crippen LogP contribution in [0.15, 0.2) is 97.5 Å². The standard InChI is InChI=1S/C46H43ClFN7O6S/c1-28-34(11-12-36(42(28)47)59-22-21-55-19-17-54(2)18-20-55)40-41-38(26-51-43(40)30-8-6-9-32(48)23-30)62-53-45(41)61-37(46(56)57)24-29-7-4-5-10-35(29)60-27-33-14-16-50-44(52-33)31-13-15-49-39(25-31)58-3/h4-16,23,25-26,37H,17-22,24,27H2,1-3H3,(H,56,57)/t37-/m1/s1. The zero-order valence-corrected chi connectivity index (χ0v) is 35.8. The Balaban J connectivity index is 1.08. The number of rotatable bonds is 16. The third-order valence-corrected chi connectivity index (χ3v) is 11.9. The van der Waals surface area contributed by atoms with Crippen LogP contribution in [-0.2, 0) is 17.8 Å². The fourth-order valence-corrected chi connectivity index (χ4v) is 8.18. The first-order chi connectivity index (χ1) is 30.1. The normalized spacial score (nSPS) is 13.8.